The first-order chi connectivity index (χ1) is 12.4. The second-order valence-corrected chi connectivity index (χ2v) is 8.63. The molecule has 1 aromatic heterocycles. The lowest BCUT2D eigenvalue weighted by Crippen LogP contribution is -2.43. The van der Waals surface area contributed by atoms with Gasteiger partial charge in [0, 0.05) is 32.3 Å². The second kappa shape index (κ2) is 8.13. The van der Waals surface area contributed by atoms with Crippen LogP contribution in [0.1, 0.15) is 58.1 Å². The molecule has 26 heavy (non-hydrogen) atoms. The number of aryl methyl sites for hydroxylation is 1. The number of aromatic nitrogens is 1. The number of methoxy groups -OCH3 is 1. The molecule has 1 aromatic rings. The minimum atomic E-state index is -0.0360. The van der Waals surface area contributed by atoms with E-state index in [1.807, 2.05) is 7.11 Å². The molecule has 1 saturated heterocycles. The first-order valence-corrected chi connectivity index (χ1v) is 10.2. The number of nitrogens with two attached hydrogens (primary N) is 1. The van der Waals surface area contributed by atoms with Gasteiger partial charge in [0.05, 0.1) is 17.0 Å². The third-order valence-electron chi connectivity index (χ3n) is 6.53. The number of piperidine rings is 1. The average molecular weight is 361 g/mol. The predicted octanol–water partition coefficient (Wildman–Crippen LogP) is 3.71. The highest BCUT2D eigenvalue weighted by Gasteiger charge is 2.32. The van der Waals surface area contributed by atoms with Crippen LogP contribution in [0.5, 0.6) is 0 Å². The van der Waals surface area contributed by atoms with Crippen molar-refractivity contribution in [3.8, 4) is 0 Å². The Labute approximate surface area is 158 Å². The molecule has 0 atom stereocenters. The summed E-state index contributed by atoms with van der Waals surface area (Å²) in [6.07, 6.45) is 6.87. The molecule has 0 radical (unpaired) electrons. The van der Waals surface area contributed by atoms with Crippen molar-refractivity contribution in [2.24, 2.45) is 11.7 Å². The highest BCUT2D eigenvalue weighted by Crippen LogP contribution is 2.32. The van der Waals surface area contributed by atoms with Crippen LogP contribution in [0.2, 0.25) is 0 Å². The van der Waals surface area contributed by atoms with E-state index in [1.165, 1.54) is 5.69 Å². The third kappa shape index (κ3) is 4.49. The van der Waals surface area contributed by atoms with E-state index >= 15 is 0 Å². The number of nitrogens with one attached hydrogen (secondary N) is 1. The van der Waals surface area contributed by atoms with E-state index in [9.17, 15) is 0 Å². The molecule has 5 nitrogen and oxygen atoms in total. The maximum atomic E-state index is 6.01. The highest BCUT2D eigenvalue weighted by atomic mass is 16.5. The largest absolute Gasteiger partial charge is 0.381 e. The van der Waals surface area contributed by atoms with Crippen molar-refractivity contribution in [2.75, 3.05) is 30.4 Å². The molecule has 2 aliphatic rings. The Balaban J connectivity index is 1.58. The fourth-order valence-corrected chi connectivity index (χ4v) is 4.33. The van der Waals surface area contributed by atoms with E-state index in [4.69, 9.17) is 15.5 Å². The van der Waals surface area contributed by atoms with Gasteiger partial charge >= 0.3 is 0 Å². The van der Waals surface area contributed by atoms with Crippen molar-refractivity contribution in [1.82, 2.24) is 4.98 Å². The Morgan fingerprint density at radius 3 is 2.35 bits per heavy atom. The van der Waals surface area contributed by atoms with E-state index in [1.54, 1.807) is 0 Å². The second-order valence-electron chi connectivity index (χ2n) is 8.63. The van der Waals surface area contributed by atoms with Gasteiger partial charge in [-0.15, -0.1) is 0 Å². The van der Waals surface area contributed by atoms with Gasteiger partial charge in [0.2, 0.25) is 0 Å². The summed E-state index contributed by atoms with van der Waals surface area (Å²) in [5.74, 6) is 1.72. The van der Waals surface area contributed by atoms with Gasteiger partial charge in [0.25, 0.3) is 0 Å². The zero-order chi connectivity index (χ0) is 18.7. The number of nitrogens with zero attached hydrogens (tertiary/aromatic N) is 2. The van der Waals surface area contributed by atoms with Crippen LogP contribution in [0, 0.1) is 12.8 Å². The molecule has 2 heterocycles. The topological polar surface area (TPSA) is 63.4 Å². The standard InChI is InChI=1S/C21H36N4O/c1-15-19(24-18-7-5-17(22)6-8-18)9-10-20(23-15)25-13-11-16(12-14-25)21(2,3)26-4/h9-10,16-18,24H,5-8,11-14,22H2,1-4H3. The van der Waals surface area contributed by atoms with Crippen molar-refractivity contribution in [2.45, 2.75) is 77.0 Å². The normalized spacial score (nSPS) is 25.3. The summed E-state index contributed by atoms with van der Waals surface area (Å²) in [5.41, 5.74) is 8.24. The van der Waals surface area contributed by atoms with Gasteiger partial charge in [-0.05, 0) is 77.3 Å². The molecule has 0 unspecified atom stereocenters. The van der Waals surface area contributed by atoms with Gasteiger partial charge in [0.1, 0.15) is 5.82 Å². The van der Waals surface area contributed by atoms with E-state index < -0.39 is 0 Å². The average Bonchev–Trinajstić information content (AvgIpc) is 2.65. The fourth-order valence-electron chi connectivity index (χ4n) is 4.33. The lowest BCUT2D eigenvalue weighted by atomic mass is 9.83. The molecule has 0 spiro atoms. The summed E-state index contributed by atoms with van der Waals surface area (Å²) in [6.45, 7) is 8.62. The van der Waals surface area contributed by atoms with Gasteiger partial charge < -0.3 is 20.7 Å². The summed E-state index contributed by atoms with van der Waals surface area (Å²) in [4.78, 5) is 7.31. The molecule has 3 rings (SSSR count). The van der Waals surface area contributed by atoms with Crippen molar-refractivity contribution in [3.63, 3.8) is 0 Å². The first-order valence-electron chi connectivity index (χ1n) is 10.2. The lowest BCUT2D eigenvalue weighted by molar-refractivity contribution is -0.0357. The zero-order valence-corrected chi connectivity index (χ0v) is 16.9. The van der Waals surface area contributed by atoms with E-state index in [2.05, 4.69) is 43.1 Å². The summed E-state index contributed by atoms with van der Waals surface area (Å²) < 4.78 is 5.68. The Morgan fingerprint density at radius 2 is 1.77 bits per heavy atom. The Bertz CT molecular complexity index is 588. The number of pyridine rings is 1. The fraction of sp³-hybridized carbons (Fsp3) is 0.762. The summed E-state index contributed by atoms with van der Waals surface area (Å²) in [5, 5.41) is 3.68. The zero-order valence-electron chi connectivity index (χ0n) is 16.9. The minimum absolute atomic E-state index is 0.0360. The number of ether oxygens (including phenoxy) is 1. The van der Waals surface area contributed by atoms with E-state index in [0.29, 0.717) is 18.0 Å². The van der Waals surface area contributed by atoms with Crippen LogP contribution in [0.3, 0.4) is 0 Å². The lowest BCUT2D eigenvalue weighted by Gasteiger charge is -2.40. The quantitative estimate of drug-likeness (QED) is 0.838. The first kappa shape index (κ1) is 19.4. The summed E-state index contributed by atoms with van der Waals surface area (Å²) >= 11 is 0. The molecule has 1 saturated carbocycles. The molecule has 2 fully saturated rings. The number of anilines is 2. The molecular weight excluding hydrogens is 324 g/mol. The van der Waals surface area contributed by atoms with Crippen LogP contribution in [-0.4, -0.2) is 42.9 Å². The maximum Gasteiger partial charge on any atom is 0.128 e. The van der Waals surface area contributed by atoms with Gasteiger partial charge in [-0.2, -0.15) is 0 Å². The van der Waals surface area contributed by atoms with Gasteiger partial charge in [-0.25, -0.2) is 4.98 Å². The van der Waals surface area contributed by atoms with Crippen LogP contribution in [0.15, 0.2) is 12.1 Å². The van der Waals surface area contributed by atoms with Crippen molar-refractivity contribution < 1.29 is 4.74 Å². The van der Waals surface area contributed by atoms with Gasteiger partial charge in [-0.3, -0.25) is 0 Å². The van der Waals surface area contributed by atoms with Crippen molar-refractivity contribution >= 4 is 11.5 Å². The Kier molecular flexibility index (Phi) is 6.08. The predicted molar refractivity (Wildman–Crippen MR) is 109 cm³/mol. The van der Waals surface area contributed by atoms with Crippen LogP contribution < -0.4 is 16.0 Å². The summed E-state index contributed by atoms with van der Waals surface area (Å²) in [7, 11) is 1.82. The van der Waals surface area contributed by atoms with E-state index in [0.717, 1.165) is 63.1 Å². The Morgan fingerprint density at radius 1 is 1.12 bits per heavy atom. The molecule has 1 aliphatic carbocycles. The van der Waals surface area contributed by atoms with Crippen LogP contribution in [-0.2, 0) is 4.74 Å². The number of hydrogen-bond acceptors (Lipinski definition) is 5. The van der Waals surface area contributed by atoms with Crippen molar-refractivity contribution in [1.29, 1.82) is 0 Å². The number of hydrogen-bond donors (Lipinski definition) is 2. The highest BCUT2D eigenvalue weighted by molar-refractivity contribution is 5.54. The molecular formula is C21H36N4O. The molecule has 1 aliphatic heterocycles. The number of rotatable bonds is 5. The molecule has 146 valence electrons. The van der Waals surface area contributed by atoms with Crippen LogP contribution in [0.25, 0.3) is 0 Å². The third-order valence-corrected chi connectivity index (χ3v) is 6.53. The molecule has 0 bridgehead atoms. The smallest absolute Gasteiger partial charge is 0.128 e. The van der Waals surface area contributed by atoms with E-state index in [-0.39, 0.29) is 5.60 Å². The monoisotopic (exact) mass is 360 g/mol. The molecule has 3 N–H and O–H groups in total. The summed E-state index contributed by atoms with van der Waals surface area (Å²) in [6, 6.07) is 5.30. The van der Waals surface area contributed by atoms with Crippen molar-refractivity contribution in [3.05, 3.63) is 17.8 Å². The molecule has 0 amide bonds. The van der Waals surface area contributed by atoms with Gasteiger partial charge in [-0.1, -0.05) is 0 Å². The maximum absolute atomic E-state index is 6.01. The molecule has 5 heteroatoms. The minimum Gasteiger partial charge on any atom is -0.381 e. The molecule has 0 aromatic carbocycles. The Hall–Kier alpha value is -1.33. The van der Waals surface area contributed by atoms with Gasteiger partial charge in [0.15, 0.2) is 0 Å². The van der Waals surface area contributed by atoms with Crippen LogP contribution in [0.4, 0.5) is 11.5 Å². The SMILES string of the molecule is COC(C)(C)C1CCN(c2ccc(NC3CCC(N)CC3)c(C)n2)CC1. The van der Waals surface area contributed by atoms with Crippen LogP contribution >= 0.6 is 0 Å².